The normalized spacial score (nSPS) is 11.4. The molecule has 0 aliphatic carbocycles. The molecular formula is C13H17FN2O3. The van der Waals surface area contributed by atoms with Crippen molar-refractivity contribution < 1.29 is 19.1 Å². The maximum Gasteiger partial charge on any atom is 0.323 e. The number of nitrogens with one attached hydrogen (secondary N) is 1. The standard InChI is InChI=1S/C13H17FN2O3/c1-13(2,12(18)19)16(3)8-11(17)15-10-6-4-9(14)5-7-10/h4-7H,8H2,1-3H3,(H,15,17)(H,18,19). The summed E-state index contributed by atoms with van der Waals surface area (Å²) in [6.07, 6.45) is 0. The van der Waals surface area contributed by atoms with Gasteiger partial charge in [0.2, 0.25) is 5.91 Å². The van der Waals surface area contributed by atoms with Crippen molar-refractivity contribution in [3.8, 4) is 0 Å². The number of anilines is 1. The van der Waals surface area contributed by atoms with E-state index in [1.165, 1.54) is 43.0 Å². The number of nitrogens with zero attached hydrogens (tertiary/aromatic N) is 1. The lowest BCUT2D eigenvalue weighted by Crippen LogP contribution is -2.50. The third-order valence-corrected chi connectivity index (χ3v) is 2.99. The van der Waals surface area contributed by atoms with Crippen molar-refractivity contribution in [2.75, 3.05) is 18.9 Å². The molecule has 0 heterocycles. The van der Waals surface area contributed by atoms with Crippen LogP contribution in [0.1, 0.15) is 13.8 Å². The van der Waals surface area contributed by atoms with Gasteiger partial charge >= 0.3 is 5.97 Å². The van der Waals surface area contributed by atoms with Crippen LogP contribution < -0.4 is 5.32 Å². The summed E-state index contributed by atoms with van der Waals surface area (Å²) < 4.78 is 12.7. The molecule has 1 aromatic carbocycles. The fourth-order valence-corrected chi connectivity index (χ4v) is 1.31. The number of halogens is 1. The van der Waals surface area contributed by atoms with Gasteiger partial charge in [0.05, 0.1) is 6.54 Å². The topological polar surface area (TPSA) is 69.6 Å². The summed E-state index contributed by atoms with van der Waals surface area (Å²) in [7, 11) is 1.55. The van der Waals surface area contributed by atoms with Crippen LogP contribution >= 0.6 is 0 Å². The number of carboxylic acid groups (broad SMARTS) is 1. The molecule has 0 saturated heterocycles. The molecule has 0 aliphatic heterocycles. The Hall–Kier alpha value is -1.95. The van der Waals surface area contributed by atoms with E-state index in [-0.39, 0.29) is 18.3 Å². The monoisotopic (exact) mass is 268 g/mol. The SMILES string of the molecule is CN(CC(=O)Nc1ccc(F)cc1)C(C)(C)C(=O)O. The van der Waals surface area contributed by atoms with Crippen molar-refractivity contribution in [1.29, 1.82) is 0 Å². The number of carbonyl (C=O) groups excluding carboxylic acids is 1. The lowest BCUT2D eigenvalue weighted by atomic mass is 10.0. The van der Waals surface area contributed by atoms with Gasteiger partial charge in [0.15, 0.2) is 0 Å². The molecule has 1 amide bonds. The Kier molecular flexibility index (Phi) is 4.61. The molecule has 104 valence electrons. The molecule has 0 bridgehead atoms. The van der Waals surface area contributed by atoms with Gasteiger partial charge in [-0.15, -0.1) is 0 Å². The second-order valence-corrected chi connectivity index (χ2v) is 4.78. The predicted octanol–water partition coefficient (Wildman–Crippen LogP) is 1.56. The molecule has 6 heteroatoms. The molecule has 5 nitrogen and oxygen atoms in total. The Morgan fingerprint density at radius 2 is 1.84 bits per heavy atom. The van der Waals surface area contributed by atoms with Crippen LogP contribution in [0.5, 0.6) is 0 Å². The minimum atomic E-state index is -1.14. The van der Waals surface area contributed by atoms with Gasteiger partial charge in [-0.1, -0.05) is 0 Å². The van der Waals surface area contributed by atoms with Crippen molar-refractivity contribution in [3.05, 3.63) is 30.1 Å². The summed E-state index contributed by atoms with van der Waals surface area (Å²) in [5.41, 5.74) is -0.673. The van der Waals surface area contributed by atoms with Crippen LogP contribution in [0.15, 0.2) is 24.3 Å². The molecule has 0 aromatic heterocycles. The number of amides is 1. The summed E-state index contributed by atoms with van der Waals surface area (Å²) >= 11 is 0. The Morgan fingerprint density at radius 1 is 1.32 bits per heavy atom. The van der Waals surface area contributed by atoms with Crippen molar-refractivity contribution in [3.63, 3.8) is 0 Å². The first-order valence-electron chi connectivity index (χ1n) is 5.73. The molecule has 0 saturated carbocycles. The van der Waals surface area contributed by atoms with Crippen LogP contribution in [-0.4, -0.2) is 41.0 Å². The van der Waals surface area contributed by atoms with E-state index >= 15 is 0 Å². The molecule has 1 aromatic rings. The maximum atomic E-state index is 12.7. The van der Waals surface area contributed by atoms with Gasteiger partial charge in [-0.25, -0.2) is 4.39 Å². The maximum absolute atomic E-state index is 12.7. The summed E-state index contributed by atoms with van der Waals surface area (Å²) in [6, 6.07) is 5.35. The molecule has 0 spiro atoms. The second-order valence-electron chi connectivity index (χ2n) is 4.78. The van der Waals surface area contributed by atoms with E-state index in [0.717, 1.165) is 0 Å². The molecule has 1 rings (SSSR count). The molecule has 0 fully saturated rings. The molecule has 0 radical (unpaired) electrons. The van der Waals surface area contributed by atoms with E-state index in [0.29, 0.717) is 5.69 Å². The Bertz CT molecular complexity index is 471. The van der Waals surface area contributed by atoms with Gasteiger partial charge < -0.3 is 10.4 Å². The summed E-state index contributed by atoms with van der Waals surface area (Å²) in [5.74, 6) is -1.75. The first-order valence-corrected chi connectivity index (χ1v) is 5.73. The van der Waals surface area contributed by atoms with Gasteiger partial charge in [0.1, 0.15) is 11.4 Å². The van der Waals surface area contributed by atoms with E-state index in [1.54, 1.807) is 7.05 Å². The van der Waals surface area contributed by atoms with Crippen LogP contribution in [0.2, 0.25) is 0 Å². The van der Waals surface area contributed by atoms with E-state index < -0.39 is 11.5 Å². The summed E-state index contributed by atoms with van der Waals surface area (Å²) in [5, 5.41) is 11.6. The molecule has 2 N–H and O–H groups in total. The third-order valence-electron chi connectivity index (χ3n) is 2.99. The summed E-state index contributed by atoms with van der Waals surface area (Å²) in [4.78, 5) is 24.2. The first-order chi connectivity index (χ1) is 8.73. The van der Waals surface area contributed by atoms with Crippen LogP contribution in [0.4, 0.5) is 10.1 Å². The van der Waals surface area contributed by atoms with Gasteiger partial charge in [0, 0.05) is 5.69 Å². The third kappa shape index (κ3) is 4.03. The number of benzene rings is 1. The number of carboxylic acids is 1. The first kappa shape index (κ1) is 15.1. The average Bonchev–Trinajstić information content (AvgIpc) is 2.31. The highest BCUT2D eigenvalue weighted by Crippen LogP contribution is 2.13. The lowest BCUT2D eigenvalue weighted by molar-refractivity contribution is -0.148. The number of carbonyl (C=O) groups is 2. The Balaban J connectivity index is 2.61. The molecule has 0 aliphatic rings. The van der Waals surface area contributed by atoms with Crippen molar-refractivity contribution in [2.45, 2.75) is 19.4 Å². The Labute approximate surface area is 111 Å². The number of hydrogen-bond donors (Lipinski definition) is 2. The Morgan fingerprint density at radius 3 is 2.32 bits per heavy atom. The zero-order chi connectivity index (χ0) is 14.6. The van der Waals surface area contributed by atoms with Crippen molar-refractivity contribution in [2.24, 2.45) is 0 Å². The highest BCUT2D eigenvalue weighted by atomic mass is 19.1. The zero-order valence-electron chi connectivity index (χ0n) is 11.1. The van der Waals surface area contributed by atoms with Crippen molar-refractivity contribution in [1.82, 2.24) is 4.90 Å². The zero-order valence-corrected chi connectivity index (χ0v) is 11.1. The number of likely N-dealkylation sites (N-methyl/N-ethyl adjacent to an activating group) is 1. The number of aliphatic carboxylic acids is 1. The molecular weight excluding hydrogens is 251 g/mol. The van der Waals surface area contributed by atoms with Crippen LogP contribution in [-0.2, 0) is 9.59 Å². The van der Waals surface area contributed by atoms with E-state index in [4.69, 9.17) is 5.11 Å². The van der Waals surface area contributed by atoms with Gasteiger partial charge in [-0.05, 0) is 45.2 Å². The minimum Gasteiger partial charge on any atom is -0.480 e. The van der Waals surface area contributed by atoms with Crippen molar-refractivity contribution >= 4 is 17.6 Å². The van der Waals surface area contributed by atoms with E-state index in [1.807, 2.05) is 0 Å². The van der Waals surface area contributed by atoms with Gasteiger partial charge in [-0.2, -0.15) is 0 Å². The fourth-order valence-electron chi connectivity index (χ4n) is 1.31. The smallest absolute Gasteiger partial charge is 0.323 e. The van der Waals surface area contributed by atoms with E-state index in [2.05, 4.69) is 5.32 Å². The quantitative estimate of drug-likeness (QED) is 0.850. The predicted molar refractivity (Wildman–Crippen MR) is 69.4 cm³/mol. The van der Waals surface area contributed by atoms with Crippen LogP contribution in [0.25, 0.3) is 0 Å². The number of hydrogen-bond acceptors (Lipinski definition) is 3. The lowest BCUT2D eigenvalue weighted by Gasteiger charge is -2.30. The second kappa shape index (κ2) is 5.79. The van der Waals surface area contributed by atoms with E-state index in [9.17, 15) is 14.0 Å². The fraction of sp³-hybridized carbons (Fsp3) is 0.385. The highest BCUT2D eigenvalue weighted by Gasteiger charge is 2.32. The largest absolute Gasteiger partial charge is 0.480 e. The number of rotatable bonds is 5. The molecule has 19 heavy (non-hydrogen) atoms. The summed E-state index contributed by atoms with van der Waals surface area (Å²) in [6.45, 7) is 2.96. The molecule has 0 unspecified atom stereocenters. The highest BCUT2D eigenvalue weighted by molar-refractivity contribution is 5.92. The minimum absolute atomic E-state index is 0.0727. The molecule has 0 atom stereocenters. The van der Waals surface area contributed by atoms with Gasteiger partial charge in [-0.3, -0.25) is 14.5 Å². The van der Waals surface area contributed by atoms with Crippen LogP contribution in [0.3, 0.4) is 0 Å². The van der Waals surface area contributed by atoms with Gasteiger partial charge in [0.25, 0.3) is 0 Å². The van der Waals surface area contributed by atoms with Crippen LogP contribution in [0, 0.1) is 5.82 Å². The average molecular weight is 268 g/mol.